The molecule has 0 radical (unpaired) electrons. The molecule has 1 aliphatic heterocycles. The Labute approximate surface area is 283 Å². The number of carbonyl (C=O) groups is 4. The van der Waals surface area contributed by atoms with Crippen LogP contribution >= 0.6 is 11.8 Å². The van der Waals surface area contributed by atoms with Crippen LogP contribution in [0.2, 0.25) is 0 Å². The minimum atomic E-state index is -1.66. The van der Waals surface area contributed by atoms with Gasteiger partial charge in [-0.3, -0.25) is 19.2 Å². The maximum atomic E-state index is 13.9. The van der Waals surface area contributed by atoms with Crippen LogP contribution < -0.4 is 25.6 Å². The first-order chi connectivity index (χ1) is 21.9. The Morgan fingerprint density at radius 3 is 2.30 bits per heavy atom. The van der Waals surface area contributed by atoms with Gasteiger partial charge in [-0.05, 0) is 64.7 Å². The number of aliphatic hydroxyl groups is 1. The van der Waals surface area contributed by atoms with Crippen LogP contribution in [0.4, 0.5) is 5.69 Å². The zero-order valence-electron chi connectivity index (χ0n) is 29.0. The van der Waals surface area contributed by atoms with Crippen molar-refractivity contribution < 1.29 is 29.0 Å². The van der Waals surface area contributed by atoms with E-state index in [2.05, 4.69) is 16.0 Å². The average Bonchev–Trinajstić information content (AvgIpc) is 3.32. The smallest absolute Gasteiger partial charge is 0.258 e. The summed E-state index contributed by atoms with van der Waals surface area (Å²) in [4.78, 5) is 57.3. The Bertz CT molecular complexity index is 1390. The number of hydrogen-bond acceptors (Lipinski definition) is 8. The standard InChI is InChI=1S/C35H51N5O6S/c1-22(2)28(37-27(41)20-46-25-17-13-16-24(19-25)39(8)9)31(43)36-26(18-23-14-11-10-12-15-23)29(42)33(45)40-21-47-35(6,7)30(40)32(44)38-34(3,4)5/h10-17,19,22,26,28-30,42H,18,20-21H2,1-9H3,(H,36,43)(H,37,41)(H,38,44)/t26-,28-,29-,30+/m0/s1. The van der Waals surface area contributed by atoms with Crippen molar-refractivity contribution in [1.29, 1.82) is 0 Å². The third-order valence-corrected chi connectivity index (χ3v) is 9.18. The number of rotatable bonds is 13. The number of amides is 4. The number of carbonyl (C=O) groups excluding carboxylic acids is 4. The summed E-state index contributed by atoms with van der Waals surface area (Å²) in [5.41, 5.74) is 1.19. The Morgan fingerprint density at radius 2 is 1.70 bits per heavy atom. The quantitative estimate of drug-likeness (QED) is 0.255. The molecule has 0 aliphatic carbocycles. The molecule has 0 saturated carbocycles. The van der Waals surface area contributed by atoms with E-state index < -0.39 is 52.2 Å². The van der Waals surface area contributed by atoms with Crippen molar-refractivity contribution in [3.05, 3.63) is 60.2 Å². The lowest BCUT2D eigenvalue weighted by Crippen LogP contribution is -2.61. The van der Waals surface area contributed by atoms with E-state index in [-0.39, 0.29) is 30.7 Å². The number of aliphatic hydroxyl groups excluding tert-OH is 1. The molecule has 0 unspecified atom stereocenters. The molecule has 0 aromatic heterocycles. The highest BCUT2D eigenvalue weighted by molar-refractivity contribution is 8.00. The number of benzene rings is 2. The summed E-state index contributed by atoms with van der Waals surface area (Å²) in [6, 6.07) is 13.7. The van der Waals surface area contributed by atoms with Gasteiger partial charge in [0.2, 0.25) is 11.8 Å². The third kappa shape index (κ3) is 10.6. The lowest BCUT2D eigenvalue weighted by molar-refractivity contribution is -0.148. The summed E-state index contributed by atoms with van der Waals surface area (Å²) >= 11 is 1.45. The second kappa shape index (κ2) is 15.9. The summed E-state index contributed by atoms with van der Waals surface area (Å²) in [5, 5.41) is 20.1. The van der Waals surface area contributed by atoms with E-state index >= 15 is 0 Å². The van der Waals surface area contributed by atoms with E-state index in [0.717, 1.165) is 11.3 Å². The molecule has 2 aromatic carbocycles. The van der Waals surface area contributed by atoms with E-state index in [4.69, 9.17) is 4.74 Å². The fourth-order valence-electron chi connectivity index (χ4n) is 5.33. The van der Waals surface area contributed by atoms with Gasteiger partial charge in [-0.1, -0.05) is 50.2 Å². The lowest BCUT2D eigenvalue weighted by atomic mass is 9.95. The van der Waals surface area contributed by atoms with Crippen LogP contribution in [0.3, 0.4) is 0 Å². The zero-order chi connectivity index (χ0) is 35.1. The second-order valence-electron chi connectivity index (χ2n) is 14.0. The molecular weight excluding hydrogens is 618 g/mol. The molecule has 47 heavy (non-hydrogen) atoms. The molecule has 2 aromatic rings. The lowest BCUT2D eigenvalue weighted by Gasteiger charge is -2.35. The Balaban J connectivity index is 1.79. The minimum Gasteiger partial charge on any atom is -0.484 e. The largest absolute Gasteiger partial charge is 0.484 e. The highest BCUT2D eigenvalue weighted by atomic mass is 32.2. The zero-order valence-corrected chi connectivity index (χ0v) is 29.8. The van der Waals surface area contributed by atoms with Gasteiger partial charge in [0.25, 0.3) is 11.8 Å². The summed E-state index contributed by atoms with van der Waals surface area (Å²) in [7, 11) is 3.81. The molecule has 258 valence electrons. The first kappa shape index (κ1) is 37.7. The predicted molar refractivity (Wildman–Crippen MR) is 186 cm³/mol. The summed E-state index contributed by atoms with van der Waals surface area (Å²) < 4.78 is 5.08. The van der Waals surface area contributed by atoms with Gasteiger partial charge in [-0.15, -0.1) is 11.8 Å². The fourth-order valence-corrected chi connectivity index (χ4v) is 6.47. The van der Waals surface area contributed by atoms with Crippen LogP contribution in [0.5, 0.6) is 5.75 Å². The van der Waals surface area contributed by atoms with Crippen LogP contribution in [-0.4, -0.2) is 94.7 Å². The highest BCUT2D eigenvalue weighted by Gasteiger charge is 2.50. The van der Waals surface area contributed by atoms with Crippen LogP contribution in [-0.2, 0) is 25.6 Å². The van der Waals surface area contributed by atoms with Crippen LogP contribution in [0, 0.1) is 5.92 Å². The van der Waals surface area contributed by atoms with E-state index in [0.29, 0.717) is 5.75 Å². The Morgan fingerprint density at radius 1 is 1.04 bits per heavy atom. The summed E-state index contributed by atoms with van der Waals surface area (Å²) in [6.07, 6.45) is -1.51. The molecule has 12 heteroatoms. The first-order valence-electron chi connectivity index (χ1n) is 15.9. The number of nitrogens with zero attached hydrogens (tertiary/aromatic N) is 2. The van der Waals surface area contributed by atoms with Gasteiger partial charge in [-0.25, -0.2) is 0 Å². The number of anilines is 1. The molecule has 1 aliphatic rings. The monoisotopic (exact) mass is 669 g/mol. The van der Waals surface area contributed by atoms with Gasteiger partial charge in [0.1, 0.15) is 17.8 Å². The summed E-state index contributed by atoms with van der Waals surface area (Å²) in [5.74, 6) is -1.60. The van der Waals surface area contributed by atoms with Crippen LogP contribution in [0.1, 0.15) is 54.0 Å². The molecule has 1 saturated heterocycles. The Hall–Kier alpha value is -3.77. The third-order valence-electron chi connectivity index (χ3n) is 7.81. The number of nitrogens with one attached hydrogen (secondary N) is 3. The van der Waals surface area contributed by atoms with Crippen molar-refractivity contribution in [2.24, 2.45) is 5.92 Å². The van der Waals surface area contributed by atoms with Crippen molar-refractivity contribution in [2.75, 3.05) is 31.5 Å². The first-order valence-corrected chi connectivity index (χ1v) is 16.9. The maximum Gasteiger partial charge on any atom is 0.258 e. The average molecular weight is 670 g/mol. The van der Waals surface area contributed by atoms with E-state index in [9.17, 15) is 24.3 Å². The van der Waals surface area contributed by atoms with Gasteiger partial charge in [0.15, 0.2) is 12.7 Å². The molecule has 11 nitrogen and oxygen atoms in total. The van der Waals surface area contributed by atoms with Crippen molar-refractivity contribution in [3.63, 3.8) is 0 Å². The van der Waals surface area contributed by atoms with Gasteiger partial charge in [0.05, 0.1) is 11.9 Å². The number of thioether (sulfide) groups is 1. The molecule has 1 fully saturated rings. The second-order valence-corrected chi connectivity index (χ2v) is 15.6. The molecule has 0 spiro atoms. The molecular formula is C35H51N5O6S. The molecule has 0 bridgehead atoms. The molecule has 4 atom stereocenters. The van der Waals surface area contributed by atoms with Gasteiger partial charge >= 0.3 is 0 Å². The molecule has 4 N–H and O–H groups in total. The van der Waals surface area contributed by atoms with E-state index in [1.165, 1.54) is 16.7 Å². The van der Waals surface area contributed by atoms with Crippen LogP contribution in [0.25, 0.3) is 0 Å². The van der Waals surface area contributed by atoms with Crippen molar-refractivity contribution in [2.45, 2.75) is 89.4 Å². The van der Waals surface area contributed by atoms with Crippen LogP contribution in [0.15, 0.2) is 54.6 Å². The van der Waals surface area contributed by atoms with Crippen molar-refractivity contribution in [1.82, 2.24) is 20.9 Å². The van der Waals surface area contributed by atoms with Gasteiger partial charge in [-0.2, -0.15) is 0 Å². The topological polar surface area (TPSA) is 140 Å². The molecule has 3 rings (SSSR count). The predicted octanol–water partition coefficient (Wildman–Crippen LogP) is 2.96. The minimum absolute atomic E-state index is 0.146. The SMILES string of the molecule is CC(C)[C@H](NC(=O)COc1cccc(N(C)C)c1)C(=O)N[C@@H](Cc1ccccc1)[C@H](O)C(=O)N1CSC(C)(C)[C@H]1C(=O)NC(C)(C)C. The van der Waals surface area contributed by atoms with E-state index in [1.54, 1.807) is 19.9 Å². The van der Waals surface area contributed by atoms with Gasteiger partial charge < -0.3 is 35.6 Å². The number of ether oxygens (including phenoxy) is 1. The van der Waals surface area contributed by atoms with Gasteiger partial charge in [0, 0.05) is 36.1 Å². The highest BCUT2D eigenvalue weighted by Crippen LogP contribution is 2.40. The van der Waals surface area contributed by atoms with E-state index in [1.807, 2.05) is 102 Å². The van der Waals surface area contributed by atoms with Crippen molar-refractivity contribution >= 4 is 41.1 Å². The molecule has 4 amide bonds. The normalized spacial score (nSPS) is 17.8. The fraction of sp³-hybridized carbons (Fsp3) is 0.543. The Kier molecular flexibility index (Phi) is 12.7. The maximum absolute atomic E-state index is 13.9. The van der Waals surface area contributed by atoms with Crippen molar-refractivity contribution in [3.8, 4) is 5.75 Å². The number of hydrogen-bond donors (Lipinski definition) is 4. The summed E-state index contributed by atoms with van der Waals surface area (Å²) in [6.45, 7) is 12.7. The molecule has 1 heterocycles.